The average molecular weight is 347 g/mol. The van der Waals surface area contributed by atoms with Crippen molar-refractivity contribution in [2.24, 2.45) is 0 Å². The summed E-state index contributed by atoms with van der Waals surface area (Å²) in [6, 6.07) is -1.37. The van der Waals surface area contributed by atoms with E-state index in [1.54, 1.807) is 0 Å². The molecule has 0 rings (SSSR count). The fraction of sp³-hybridized carbons (Fsp3) is 0.750. The molecule has 0 fully saturated rings. The molecule has 0 bridgehead atoms. The van der Waals surface area contributed by atoms with Crippen molar-refractivity contribution in [1.82, 2.24) is 5.32 Å². The Balaban J connectivity index is 0. The molecule has 0 aromatic heterocycles. The molecule has 0 aliphatic carbocycles. The van der Waals surface area contributed by atoms with E-state index in [-0.39, 0.29) is 41.2 Å². The van der Waals surface area contributed by atoms with E-state index >= 15 is 0 Å². The molecule has 0 saturated carbocycles. The molecule has 6 nitrogen and oxygen atoms in total. The number of thiol groups is 2. The zero-order valence-electron chi connectivity index (χ0n) is 11.1. The second kappa shape index (κ2) is 13.8. The Hall–Kier alpha value is 0.110. The number of carbonyl (C=O) groups excluding carboxylic acids is 1. The number of nitrogens with one attached hydrogen (secondary N) is 1. The fourth-order valence-electron chi connectivity index (χ4n) is 1.60. The second-order valence-electron chi connectivity index (χ2n) is 4.47. The van der Waals surface area contributed by atoms with E-state index in [2.05, 4.69) is 30.6 Å². The summed E-state index contributed by atoms with van der Waals surface area (Å²) in [6.07, 6.45) is 2.76. The number of hydrogen-bond acceptors (Lipinski definition) is 5. The van der Waals surface area contributed by atoms with E-state index in [0.29, 0.717) is 6.42 Å². The van der Waals surface area contributed by atoms with Crippen molar-refractivity contribution in [2.45, 2.75) is 49.8 Å². The number of hydrogen-bond donors (Lipinski definition) is 5. The summed E-state index contributed by atoms with van der Waals surface area (Å²) in [5.74, 6) is -2.28. The van der Waals surface area contributed by atoms with Crippen LogP contribution >= 0.6 is 25.3 Å². The zero-order chi connectivity index (χ0) is 15.5. The van der Waals surface area contributed by atoms with Crippen molar-refractivity contribution >= 4 is 72.7 Å². The zero-order valence-corrected chi connectivity index (χ0v) is 12.9. The molecule has 0 aliphatic rings. The van der Waals surface area contributed by atoms with Crippen molar-refractivity contribution in [3.05, 3.63) is 0 Å². The molecule has 0 aliphatic heterocycles. The number of unbranched alkanes of at least 4 members (excludes halogenated alkanes) is 1. The predicted molar refractivity (Wildman–Crippen MR) is 88.7 cm³/mol. The van der Waals surface area contributed by atoms with Crippen LogP contribution in [-0.4, -0.2) is 74.7 Å². The van der Waals surface area contributed by atoms with Crippen molar-refractivity contribution in [2.75, 3.05) is 5.75 Å². The molecule has 118 valence electrons. The number of carboxylic acid groups (broad SMARTS) is 2. The summed E-state index contributed by atoms with van der Waals surface area (Å²) in [5, 5.41) is 19.8. The first-order valence-electron chi connectivity index (χ1n) is 6.39. The van der Waals surface area contributed by atoms with Crippen LogP contribution < -0.4 is 5.32 Å². The maximum absolute atomic E-state index is 11.5. The Morgan fingerprint density at radius 2 is 1.71 bits per heavy atom. The molecule has 0 heterocycles. The molecule has 3 N–H and O–H groups in total. The Labute approximate surface area is 157 Å². The van der Waals surface area contributed by atoms with Gasteiger partial charge < -0.3 is 15.5 Å². The Kier molecular flexibility index (Phi) is 15.3. The van der Waals surface area contributed by atoms with Crippen LogP contribution in [0.1, 0.15) is 38.5 Å². The normalized spacial score (nSPS) is 12.9. The molecule has 0 spiro atoms. The van der Waals surface area contributed by atoms with Crippen LogP contribution in [0, 0.1) is 0 Å². The van der Waals surface area contributed by atoms with E-state index in [1.165, 1.54) is 0 Å². The summed E-state index contributed by atoms with van der Waals surface area (Å²) >= 11 is 8.47. The van der Waals surface area contributed by atoms with E-state index in [1.807, 2.05) is 0 Å². The number of aliphatic carboxylic acids is 2. The van der Waals surface area contributed by atoms with Gasteiger partial charge in [0.05, 0.1) is 6.42 Å². The minimum atomic E-state index is -1.37. The summed E-state index contributed by atoms with van der Waals surface area (Å²) < 4.78 is 0. The van der Waals surface area contributed by atoms with E-state index in [4.69, 9.17) is 10.2 Å². The first kappa shape index (κ1) is 23.4. The Morgan fingerprint density at radius 1 is 1.10 bits per heavy atom. The van der Waals surface area contributed by atoms with Gasteiger partial charge in [-0.3, -0.25) is 9.59 Å². The molecule has 1 amide bonds. The minimum absolute atomic E-state index is 0. The molecule has 0 saturated heterocycles. The average Bonchev–Trinajstić information content (AvgIpc) is 2.33. The third kappa shape index (κ3) is 13.5. The topological polar surface area (TPSA) is 104 Å². The van der Waals surface area contributed by atoms with Gasteiger partial charge in [0.25, 0.3) is 0 Å². The van der Waals surface area contributed by atoms with Gasteiger partial charge in [0.2, 0.25) is 5.91 Å². The third-order valence-corrected chi connectivity index (χ3v) is 3.44. The Morgan fingerprint density at radius 3 is 2.19 bits per heavy atom. The second-order valence-corrected chi connectivity index (χ2v) is 5.65. The van der Waals surface area contributed by atoms with Gasteiger partial charge in [0.1, 0.15) is 6.04 Å². The van der Waals surface area contributed by atoms with Crippen molar-refractivity contribution in [1.29, 1.82) is 0 Å². The number of carboxylic acids is 2. The fourth-order valence-corrected chi connectivity index (χ4v) is 2.43. The molecule has 2 unspecified atom stereocenters. The van der Waals surface area contributed by atoms with Crippen molar-refractivity contribution in [3.63, 3.8) is 0 Å². The molecular weight excluding hydrogens is 325 g/mol. The van der Waals surface area contributed by atoms with Crippen LogP contribution in [0.15, 0.2) is 0 Å². The molecule has 0 aromatic carbocycles. The van der Waals surface area contributed by atoms with Crippen molar-refractivity contribution in [3.8, 4) is 0 Å². The number of amides is 1. The molecule has 9 heteroatoms. The summed E-state index contributed by atoms with van der Waals surface area (Å²) in [7, 11) is 0. The third-order valence-electron chi connectivity index (χ3n) is 2.67. The predicted octanol–water partition coefficient (Wildman–Crippen LogP) is 0.561. The molecule has 2 atom stereocenters. The Bertz CT molecular complexity index is 344. The van der Waals surface area contributed by atoms with Gasteiger partial charge >= 0.3 is 41.5 Å². The summed E-state index contributed by atoms with van der Waals surface area (Å²) in [6.45, 7) is 0. The standard InChI is InChI=1S/C12H21NO5S2.Na.H/c14-10(4-2-1-3-8(20)5-6-19)13-9(12(17)18)7-11(15)16;;/h8-9,19-20H,1-7H2,(H,13,14)(H,15,16)(H,17,18);;. The van der Waals surface area contributed by atoms with Gasteiger partial charge in [0, 0.05) is 11.7 Å². The van der Waals surface area contributed by atoms with Crippen LogP contribution in [0.25, 0.3) is 0 Å². The first-order chi connectivity index (χ1) is 9.36. The van der Waals surface area contributed by atoms with Gasteiger partial charge in [-0.05, 0) is 25.0 Å². The SMILES string of the molecule is O=C(O)CC(NC(=O)CCCCC(S)CCS)C(=O)O.[NaH]. The van der Waals surface area contributed by atoms with Gasteiger partial charge in [-0.25, -0.2) is 4.79 Å². The molecule has 21 heavy (non-hydrogen) atoms. The number of carbonyl (C=O) groups is 3. The molecule has 0 radical (unpaired) electrons. The van der Waals surface area contributed by atoms with E-state index < -0.39 is 30.3 Å². The van der Waals surface area contributed by atoms with Gasteiger partial charge in [-0.1, -0.05) is 6.42 Å². The summed E-state index contributed by atoms with van der Waals surface area (Å²) in [5.41, 5.74) is 0. The molecule has 0 aromatic rings. The van der Waals surface area contributed by atoms with Gasteiger partial charge in [0.15, 0.2) is 0 Å². The van der Waals surface area contributed by atoms with Gasteiger partial charge in [-0.2, -0.15) is 25.3 Å². The summed E-state index contributed by atoms with van der Waals surface area (Å²) in [4.78, 5) is 32.7. The van der Waals surface area contributed by atoms with E-state index in [9.17, 15) is 14.4 Å². The number of rotatable bonds is 11. The van der Waals surface area contributed by atoms with Crippen LogP contribution in [0.4, 0.5) is 0 Å². The monoisotopic (exact) mass is 347 g/mol. The molecular formula is C12H22NNaO5S2. The maximum atomic E-state index is 11.5. The van der Waals surface area contributed by atoms with Crippen LogP contribution in [0.3, 0.4) is 0 Å². The first-order valence-corrected chi connectivity index (χ1v) is 7.54. The van der Waals surface area contributed by atoms with Crippen LogP contribution in [0.2, 0.25) is 0 Å². The quantitative estimate of drug-likeness (QED) is 0.213. The van der Waals surface area contributed by atoms with Crippen molar-refractivity contribution < 1.29 is 24.6 Å². The van der Waals surface area contributed by atoms with Crippen LogP contribution in [0.5, 0.6) is 0 Å². The van der Waals surface area contributed by atoms with Crippen LogP contribution in [-0.2, 0) is 14.4 Å². The van der Waals surface area contributed by atoms with E-state index in [0.717, 1.165) is 25.0 Å². The van der Waals surface area contributed by atoms with Gasteiger partial charge in [-0.15, -0.1) is 0 Å².